The Morgan fingerprint density at radius 2 is 2.00 bits per heavy atom. The molecule has 1 atom stereocenters. The first kappa shape index (κ1) is 13.4. The number of hydrogen-bond acceptors (Lipinski definition) is 3. The lowest BCUT2D eigenvalue weighted by Crippen LogP contribution is -2.47. The fourth-order valence-electron chi connectivity index (χ4n) is 2.83. The van der Waals surface area contributed by atoms with Gasteiger partial charge in [-0.05, 0) is 25.8 Å². The standard InChI is InChI=1S/C15H23NO2/c1-15(11-17,16-12-7-3-4-8-12)13-9-5-6-10-14(13)18-2/h5-6,9-10,12,16-17H,3-4,7-8,11H2,1-2H3. The number of hydrogen-bond donors (Lipinski definition) is 2. The van der Waals surface area contributed by atoms with Gasteiger partial charge in [0.25, 0.3) is 0 Å². The van der Waals surface area contributed by atoms with E-state index in [9.17, 15) is 5.11 Å². The average molecular weight is 249 g/mol. The van der Waals surface area contributed by atoms with Gasteiger partial charge in [0.2, 0.25) is 0 Å². The van der Waals surface area contributed by atoms with Gasteiger partial charge < -0.3 is 15.2 Å². The van der Waals surface area contributed by atoms with Crippen LogP contribution in [-0.4, -0.2) is 24.9 Å². The Morgan fingerprint density at radius 3 is 2.61 bits per heavy atom. The van der Waals surface area contributed by atoms with Crippen LogP contribution in [0.3, 0.4) is 0 Å². The SMILES string of the molecule is COc1ccccc1C(C)(CO)NC1CCCC1. The van der Waals surface area contributed by atoms with Crippen molar-refractivity contribution in [2.24, 2.45) is 0 Å². The van der Waals surface area contributed by atoms with Gasteiger partial charge in [-0.1, -0.05) is 31.0 Å². The normalized spacial score (nSPS) is 19.7. The molecule has 0 aliphatic heterocycles. The maximum atomic E-state index is 9.80. The summed E-state index contributed by atoms with van der Waals surface area (Å²) in [5, 5.41) is 13.4. The molecule has 18 heavy (non-hydrogen) atoms. The lowest BCUT2D eigenvalue weighted by atomic mass is 9.90. The molecule has 2 rings (SSSR count). The van der Waals surface area contributed by atoms with Crippen molar-refractivity contribution in [1.29, 1.82) is 0 Å². The van der Waals surface area contributed by atoms with Crippen LogP contribution in [0.5, 0.6) is 5.75 Å². The molecule has 0 radical (unpaired) electrons. The van der Waals surface area contributed by atoms with Gasteiger partial charge >= 0.3 is 0 Å². The quantitative estimate of drug-likeness (QED) is 0.842. The molecule has 1 aliphatic carbocycles. The zero-order chi connectivity index (χ0) is 13.0. The summed E-state index contributed by atoms with van der Waals surface area (Å²) in [6, 6.07) is 8.42. The van der Waals surface area contributed by atoms with E-state index in [1.807, 2.05) is 31.2 Å². The molecule has 0 spiro atoms. The average Bonchev–Trinajstić information content (AvgIpc) is 2.91. The van der Waals surface area contributed by atoms with Gasteiger partial charge in [-0.2, -0.15) is 0 Å². The first-order valence-corrected chi connectivity index (χ1v) is 6.71. The second-order valence-corrected chi connectivity index (χ2v) is 5.32. The number of aliphatic hydroxyl groups is 1. The van der Waals surface area contributed by atoms with Crippen LogP contribution in [0.25, 0.3) is 0 Å². The predicted molar refractivity (Wildman–Crippen MR) is 72.8 cm³/mol. The molecule has 0 amide bonds. The van der Waals surface area contributed by atoms with E-state index in [0.717, 1.165) is 11.3 Å². The van der Waals surface area contributed by atoms with Gasteiger partial charge in [-0.15, -0.1) is 0 Å². The lowest BCUT2D eigenvalue weighted by Gasteiger charge is -2.33. The van der Waals surface area contributed by atoms with E-state index < -0.39 is 5.54 Å². The molecular weight excluding hydrogens is 226 g/mol. The smallest absolute Gasteiger partial charge is 0.123 e. The molecule has 2 N–H and O–H groups in total. The van der Waals surface area contributed by atoms with Crippen LogP contribution in [0.4, 0.5) is 0 Å². The van der Waals surface area contributed by atoms with Gasteiger partial charge in [0, 0.05) is 11.6 Å². The van der Waals surface area contributed by atoms with Crippen LogP contribution in [-0.2, 0) is 5.54 Å². The van der Waals surface area contributed by atoms with Gasteiger partial charge in [-0.25, -0.2) is 0 Å². The van der Waals surface area contributed by atoms with Crippen molar-refractivity contribution in [3.63, 3.8) is 0 Å². The molecule has 1 saturated carbocycles. The molecule has 1 aromatic rings. The number of aliphatic hydroxyl groups excluding tert-OH is 1. The topological polar surface area (TPSA) is 41.5 Å². The summed E-state index contributed by atoms with van der Waals surface area (Å²) in [6.45, 7) is 2.12. The van der Waals surface area contributed by atoms with E-state index in [1.165, 1.54) is 25.7 Å². The molecule has 1 fully saturated rings. The van der Waals surface area contributed by atoms with E-state index in [1.54, 1.807) is 7.11 Å². The number of methoxy groups -OCH3 is 1. The maximum absolute atomic E-state index is 9.80. The number of para-hydroxylation sites is 1. The highest BCUT2D eigenvalue weighted by Crippen LogP contribution is 2.31. The van der Waals surface area contributed by atoms with Crippen molar-refractivity contribution < 1.29 is 9.84 Å². The first-order valence-electron chi connectivity index (χ1n) is 6.71. The lowest BCUT2D eigenvalue weighted by molar-refractivity contribution is 0.158. The molecule has 1 aromatic carbocycles. The second-order valence-electron chi connectivity index (χ2n) is 5.32. The zero-order valence-corrected chi connectivity index (χ0v) is 11.3. The summed E-state index contributed by atoms with van der Waals surface area (Å²) in [7, 11) is 1.67. The van der Waals surface area contributed by atoms with Crippen LogP contribution in [0, 0.1) is 0 Å². The molecule has 3 nitrogen and oxygen atoms in total. The molecular formula is C15H23NO2. The number of nitrogens with one attached hydrogen (secondary N) is 1. The Hall–Kier alpha value is -1.06. The van der Waals surface area contributed by atoms with E-state index in [2.05, 4.69) is 5.32 Å². The highest BCUT2D eigenvalue weighted by Gasteiger charge is 2.32. The summed E-state index contributed by atoms with van der Waals surface area (Å²) < 4.78 is 5.41. The molecule has 1 unspecified atom stereocenters. The van der Waals surface area contributed by atoms with Gasteiger partial charge in [-0.3, -0.25) is 0 Å². The maximum Gasteiger partial charge on any atom is 0.123 e. The van der Waals surface area contributed by atoms with Crippen molar-refractivity contribution >= 4 is 0 Å². The third-order valence-corrected chi connectivity index (χ3v) is 3.90. The van der Waals surface area contributed by atoms with E-state index in [-0.39, 0.29) is 6.61 Å². The minimum absolute atomic E-state index is 0.0733. The largest absolute Gasteiger partial charge is 0.496 e. The van der Waals surface area contributed by atoms with Crippen molar-refractivity contribution in [2.75, 3.05) is 13.7 Å². The van der Waals surface area contributed by atoms with Crippen LogP contribution >= 0.6 is 0 Å². The van der Waals surface area contributed by atoms with E-state index >= 15 is 0 Å². The van der Waals surface area contributed by atoms with Crippen LogP contribution in [0.1, 0.15) is 38.2 Å². The molecule has 0 aromatic heterocycles. The summed E-state index contributed by atoms with van der Waals surface area (Å²) in [4.78, 5) is 0. The Morgan fingerprint density at radius 1 is 1.33 bits per heavy atom. The third kappa shape index (κ3) is 2.68. The molecule has 1 aliphatic rings. The second kappa shape index (κ2) is 5.72. The van der Waals surface area contributed by atoms with Crippen LogP contribution < -0.4 is 10.1 Å². The summed E-state index contributed by atoms with van der Waals surface area (Å²) in [6.07, 6.45) is 4.96. The molecule has 3 heteroatoms. The third-order valence-electron chi connectivity index (χ3n) is 3.90. The summed E-state index contributed by atoms with van der Waals surface area (Å²) in [5.41, 5.74) is 0.601. The van der Waals surface area contributed by atoms with E-state index in [0.29, 0.717) is 6.04 Å². The Kier molecular flexibility index (Phi) is 4.25. The van der Waals surface area contributed by atoms with Crippen molar-refractivity contribution in [3.8, 4) is 5.75 Å². The monoisotopic (exact) mass is 249 g/mol. The van der Waals surface area contributed by atoms with Crippen molar-refractivity contribution in [2.45, 2.75) is 44.2 Å². The van der Waals surface area contributed by atoms with Crippen LogP contribution in [0.2, 0.25) is 0 Å². The van der Waals surface area contributed by atoms with Crippen molar-refractivity contribution in [1.82, 2.24) is 5.32 Å². The fourth-order valence-corrected chi connectivity index (χ4v) is 2.83. The first-order chi connectivity index (χ1) is 8.69. The van der Waals surface area contributed by atoms with Crippen molar-refractivity contribution in [3.05, 3.63) is 29.8 Å². The Balaban J connectivity index is 2.24. The molecule has 100 valence electrons. The van der Waals surface area contributed by atoms with Gasteiger partial charge in [0.1, 0.15) is 5.75 Å². The summed E-state index contributed by atoms with van der Waals surface area (Å²) >= 11 is 0. The molecule has 0 heterocycles. The zero-order valence-electron chi connectivity index (χ0n) is 11.3. The fraction of sp³-hybridized carbons (Fsp3) is 0.600. The molecule has 0 saturated heterocycles. The highest BCUT2D eigenvalue weighted by molar-refractivity contribution is 5.39. The number of benzene rings is 1. The predicted octanol–water partition coefficient (Wildman–Crippen LogP) is 2.43. The van der Waals surface area contributed by atoms with Crippen LogP contribution in [0.15, 0.2) is 24.3 Å². The van der Waals surface area contributed by atoms with E-state index in [4.69, 9.17) is 4.74 Å². The number of rotatable bonds is 5. The molecule has 0 bridgehead atoms. The minimum Gasteiger partial charge on any atom is -0.496 e. The summed E-state index contributed by atoms with van der Waals surface area (Å²) in [5.74, 6) is 0.833. The number of ether oxygens (including phenoxy) is 1. The Labute approximate surface area is 109 Å². The van der Waals surface area contributed by atoms with Gasteiger partial charge in [0.15, 0.2) is 0 Å². The van der Waals surface area contributed by atoms with Gasteiger partial charge in [0.05, 0.1) is 19.3 Å². The Bertz CT molecular complexity index is 388. The minimum atomic E-state index is -0.429. The highest BCUT2D eigenvalue weighted by atomic mass is 16.5.